The minimum Gasteiger partial charge on any atom is -0.300 e. The molecular formula is C14H17ClFNO. The number of carbonyl (C=O) groups is 1. The van der Waals surface area contributed by atoms with E-state index in [9.17, 15) is 9.18 Å². The summed E-state index contributed by atoms with van der Waals surface area (Å²) in [7, 11) is 0. The van der Waals surface area contributed by atoms with Crippen LogP contribution in [0.5, 0.6) is 0 Å². The van der Waals surface area contributed by atoms with Gasteiger partial charge in [0.25, 0.3) is 0 Å². The molecule has 98 valence electrons. The Balaban J connectivity index is 1.96. The normalized spacial score (nSPS) is 17.9. The Morgan fingerprint density at radius 1 is 1.44 bits per heavy atom. The molecule has 2 nitrogen and oxygen atoms in total. The van der Waals surface area contributed by atoms with Gasteiger partial charge in [-0.2, -0.15) is 0 Å². The second kappa shape index (κ2) is 5.81. The Labute approximate surface area is 112 Å². The number of halogens is 2. The van der Waals surface area contributed by atoms with Crippen LogP contribution in [0, 0.1) is 11.7 Å². The second-order valence-electron chi connectivity index (χ2n) is 4.87. The lowest BCUT2D eigenvalue weighted by atomic mass is 9.93. The van der Waals surface area contributed by atoms with Crippen molar-refractivity contribution in [2.24, 2.45) is 5.92 Å². The quantitative estimate of drug-likeness (QED) is 0.839. The van der Waals surface area contributed by atoms with Crippen molar-refractivity contribution in [1.29, 1.82) is 0 Å². The van der Waals surface area contributed by atoms with Crippen molar-refractivity contribution in [2.75, 3.05) is 13.1 Å². The molecule has 0 aliphatic carbocycles. The van der Waals surface area contributed by atoms with Gasteiger partial charge in [-0.25, -0.2) is 4.39 Å². The van der Waals surface area contributed by atoms with E-state index in [0.717, 1.165) is 31.5 Å². The van der Waals surface area contributed by atoms with Crippen molar-refractivity contribution in [1.82, 2.24) is 4.90 Å². The van der Waals surface area contributed by atoms with E-state index >= 15 is 0 Å². The summed E-state index contributed by atoms with van der Waals surface area (Å²) in [5.41, 5.74) is 0.818. The minimum atomic E-state index is -0.368. The Morgan fingerprint density at radius 3 is 2.72 bits per heavy atom. The fourth-order valence-corrected chi connectivity index (χ4v) is 2.59. The number of hydrogen-bond donors (Lipinski definition) is 0. The van der Waals surface area contributed by atoms with Crippen LogP contribution in [0.3, 0.4) is 0 Å². The first-order chi connectivity index (χ1) is 8.58. The van der Waals surface area contributed by atoms with Crippen molar-refractivity contribution in [2.45, 2.75) is 26.3 Å². The van der Waals surface area contributed by atoms with Gasteiger partial charge >= 0.3 is 0 Å². The molecule has 1 aliphatic rings. The van der Waals surface area contributed by atoms with E-state index in [1.807, 2.05) is 6.07 Å². The molecule has 0 spiro atoms. The molecule has 4 heteroatoms. The van der Waals surface area contributed by atoms with E-state index in [1.165, 1.54) is 6.07 Å². The number of Topliss-reactive ketones (excluding diaryl/α,β-unsaturated/α-hetero) is 1. The third-order valence-electron chi connectivity index (χ3n) is 3.59. The van der Waals surface area contributed by atoms with Crippen LogP contribution in [0.1, 0.15) is 25.3 Å². The van der Waals surface area contributed by atoms with Gasteiger partial charge in [-0.3, -0.25) is 9.69 Å². The molecule has 0 aromatic heterocycles. The Hall–Kier alpha value is -0.930. The lowest BCUT2D eigenvalue weighted by Crippen LogP contribution is -2.35. The third kappa shape index (κ3) is 3.09. The Morgan fingerprint density at radius 2 is 2.11 bits per heavy atom. The number of nitrogens with zero attached hydrogens (tertiary/aromatic N) is 1. The highest BCUT2D eigenvalue weighted by molar-refractivity contribution is 6.31. The zero-order chi connectivity index (χ0) is 13.1. The number of piperidine rings is 1. The fourth-order valence-electron chi connectivity index (χ4n) is 2.41. The van der Waals surface area contributed by atoms with Crippen molar-refractivity contribution < 1.29 is 9.18 Å². The fraction of sp³-hybridized carbons (Fsp3) is 0.500. The van der Waals surface area contributed by atoms with Gasteiger partial charge < -0.3 is 0 Å². The van der Waals surface area contributed by atoms with Crippen LogP contribution in [0.4, 0.5) is 4.39 Å². The average molecular weight is 270 g/mol. The summed E-state index contributed by atoms with van der Waals surface area (Å²) in [4.78, 5) is 13.5. The van der Waals surface area contributed by atoms with Crippen LogP contribution in [-0.4, -0.2) is 23.8 Å². The van der Waals surface area contributed by atoms with Gasteiger partial charge in [-0.05, 0) is 44.5 Å². The molecule has 0 atom stereocenters. The lowest BCUT2D eigenvalue weighted by Gasteiger charge is -2.30. The number of hydrogen-bond acceptors (Lipinski definition) is 2. The highest BCUT2D eigenvalue weighted by Gasteiger charge is 2.22. The highest BCUT2D eigenvalue weighted by atomic mass is 35.5. The van der Waals surface area contributed by atoms with Gasteiger partial charge in [0.2, 0.25) is 0 Å². The maximum atomic E-state index is 13.3. The predicted octanol–water partition coefficient (Wildman–Crippen LogP) is 3.28. The van der Waals surface area contributed by atoms with Crippen molar-refractivity contribution in [3.05, 3.63) is 34.6 Å². The molecule has 0 saturated carbocycles. The molecule has 18 heavy (non-hydrogen) atoms. The van der Waals surface area contributed by atoms with Crippen LogP contribution in [-0.2, 0) is 11.3 Å². The first kappa shape index (κ1) is 13.5. The summed E-state index contributed by atoms with van der Waals surface area (Å²) in [6, 6.07) is 4.90. The molecule has 2 rings (SSSR count). The van der Waals surface area contributed by atoms with E-state index in [0.29, 0.717) is 6.54 Å². The summed E-state index contributed by atoms with van der Waals surface area (Å²) in [6.45, 7) is 4.05. The second-order valence-corrected chi connectivity index (χ2v) is 5.25. The zero-order valence-corrected chi connectivity index (χ0v) is 11.2. The molecule has 1 heterocycles. The van der Waals surface area contributed by atoms with Gasteiger partial charge in [0.15, 0.2) is 0 Å². The number of ketones is 1. The molecule has 1 aliphatic heterocycles. The topological polar surface area (TPSA) is 20.3 Å². The Bertz CT molecular complexity index is 441. The number of rotatable bonds is 3. The maximum absolute atomic E-state index is 13.3. The van der Waals surface area contributed by atoms with Crippen molar-refractivity contribution in [3.8, 4) is 0 Å². The zero-order valence-electron chi connectivity index (χ0n) is 10.5. The first-order valence-corrected chi connectivity index (χ1v) is 6.61. The maximum Gasteiger partial charge on any atom is 0.142 e. The SMILES string of the molecule is CC(=O)C1CCN(Cc2cccc(F)c2Cl)CC1. The van der Waals surface area contributed by atoms with E-state index < -0.39 is 0 Å². The molecule has 1 aromatic carbocycles. The first-order valence-electron chi connectivity index (χ1n) is 6.23. The van der Waals surface area contributed by atoms with E-state index in [1.54, 1.807) is 13.0 Å². The highest BCUT2D eigenvalue weighted by Crippen LogP contribution is 2.24. The average Bonchev–Trinajstić information content (AvgIpc) is 2.36. The molecule has 0 bridgehead atoms. The molecular weight excluding hydrogens is 253 g/mol. The van der Waals surface area contributed by atoms with E-state index in [-0.39, 0.29) is 22.5 Å². The van der Waals surface area contributed by atoms with Crippen LogP contribution in [0.15, 0.2) is 18.2 Å². The third-order valence-corrected chi connectivity index (χ3v) is 4.01. The Kier molecular flexibility index (Phi) is 4.36. The molecule has 1 aromatic rings. The molecule has 0 unspecified atom stereocenters. The lowest BCUT2D eigenvalue weighted by molar-refractivity contribution is -0.122. The molecule has 1 fully saturated rings. The van der Waals surface area contributed by atoms with Gasteiger partial charge in [0, 0.05) is 12.5 Å². The standard InChI is InChI=1S/C14H17ClFNO/c1-10(18)11-5-7-17(8-6-11)9-12-3-2-4-13(16)14(12)15/h2-4,11H,5-9H2,1H3. The number of benzene rings is 1. The number of carbonyl (C=O) groups excluding carboxylic acids is 1. The molecule has 0 radical (unpaired) electrons. The predicted molar refractivity (Wildman–Crippen MR) is 70.1 cm³/mol. The van der Waals surface area contributed by atoms with E-state index in [2.05, 4.69) is 4.90 Å². The van der Waals surface area contributed by atoms with Gasteiger partial charge in [-0.15, -0.1) is 0 Å². The summed E-state index contributed by atoms with van der Waals surface area (Å²) in [5.74, 6) is 0.107. The van der Waals surface area contributed by atoms with Gasteiger partial charge in [0.1, 0.15) is 11.6 Å². The summed E-state index contributed by atoms with van der Waals surface area (Å²) < 4.78 is 13.3. The van der Waals surface area contributed by atoms with Crippen molar-refractivity contribution in [3.63, 3.8) is 0 Å². The minimum absolute atomic E-state index is 0.198. The monoisotopic (exact) mass is 269 g/mol. The van der Waals surface area contributed by atoms with Crippen LogP contribution in [0.2, 0.25) is 5.02 Å². The van der Waals surface area contributed by atoms with Gasteiger partial charge in [0.05, 0.1) is 5.02 Å². The summed E-state index contributed by atoms with van der Waals surface area (Å²) in [6.07, 6.45) is 1.78. The smallest absolute Gasteiger partial charge is 0.142 e. The van der Waals surface area contributed by atoms with Crippen LogP contribution < -0.4 is 0 Å². The number of likely N-dealkylation sites (tertiary alicyclic amines) is 1. The molecule has 0 N–H and O–H groups in total. The van der Waals surface area contributed by atoms with Gasteiger partial charge in [-0.1, -0.05) is 23.7 Å². The largest absolute Gasteiger partial charge is 0.300 e. The summed E-state index contributed by atoms with van der Waals surface area (Å²) >= 11 is 5.94. The van der Waals surface area contributed by atoms with Crippen LogP contribution in [0.25, 0.3) is 0 Å². The van der Waals surface area contributed by atoms with Crippen LogP contribution >= 0.6 is 11.6 Å². The van der Waals surface area contributed by atoms with Crippen molar-refractivity contribution >= 4 is 17.4 Å². The summed E-state index contributed by atoms with van der Waals surface area (Å²) in [5, 5.41) is 0.214. The van der Waals surface area contributed by atoms with E-state index in [4.69, 9.17) is 11.6 Å². The molecule has 0 amide bonds. The molecule has 1 saturated heterocycles.